The number of aromatic nitrogens is 1. The first-order valence-electron chi connectivity index (χ1n) is 3.76. The van der Waals surface area contributed by atoms with Gasteiger partial charge in [0.25, 0.3) is 0 Å². The molecule has 0 atom stereocenters. The summed E-state index contributed by atoms with van der Waals surface area (Å²) in [7, 11) is 0. The summed E-state index contributed by atoms with van der Waals surface area (Å²) in [5, 5.41) is 8.39. The van der Waals surface area contributed by atoms with Crippen molar-refractivity contribution >= 4 is 0 Å². The van der Waals surface area contributed by atoms with E-state index in [2.05, 4.69) is 18.0 Å². The van der Waals surface area contributed by atoms with Crippen LogP contribution in [0.3, 0.4) is 0 Å². The third-order valence-electron chi connectivity index (χ3n) is 1.92. The summed E-state index contributed by atoms with van der Waals surface area (Å²) in [6.45, 7) is 4.11. The van der Waals surface area contributed by atoms with E-state index < -0.39 is 0 Å². The molecule has 1 aromatic rings. The van der Waals surface area contributed by atoms with Crippen LogP contribution in [-0.2, 0) is 6.42 Å². The van der Waals surface area contributed by atoms with Gasteiger partial charge in [0.2, 0.25) is 0 Å². The fourth-order valence-corrected chi connectivity index (χ4v) is 1.25. The van der Waals surface area contributed by atoms with Gasteiger partial charge in [-0.05, 0) is 31.4 Å². The van der Waals surface area contributed by atoms with Gasteiger partial charge in [0, 0.05) is 18.3 Å². The standard InChI is InChI=1S/C9H12N2/c1-7-6-11-8(2)9(7)4-3-5-10/h6,11H,3-4H2,1-2H3. The second-order valence-corrected chi connectivity index (χ2v) is 2.73. The third-order valence-corrected chi connectivity index (χ3v) is 1.92. The zero-order valence-corrected chi connectivity index (χ0v) is 6.94. The molecule has 0 aliphatic rings. The van der Waals surface area contributed by atoms with Crippen molar-refractivity contribution in [3.05, 3.63) is 23.0 Å². The van der Waals surface area contributed by atoms with E-state index in [1.54, 1.807) is 0 Å². The number of nitriles is 1. The van der Waals surface area contributed by atoms with Crippen molar-refractivity contribution in [1.82, 2.24) is 4.98 Å². The van der Waals surface area contributed by atoms with Crippen LogP contribution in [0.15, 0.2) is 6.20 Å². The van der Waals surface area contributed by atoms with Crippen LogP contribution >= 0.6 is 0 Å². The highest BCUT2D eigenvalue weighted by atomic mass is 14.7. The van der Waals surface area contributed by atoms with Crippen LogP contribution in [0.4, 0.5) is 0 Å². The molecule has 0 unspecified atom stereocenters. The number of hydrogen-bond donors (Lipinski definition) is 1. The van der Waals surface area contributed by atoms with E-state index in [9.17, 15) is 0 Å². The lowest BCUT2D eigenvalue weighted by Gasteiger charge is -1.96. The van der Waals surface area contributed by atoms with Crippen LogP contribution in [0.25, 0.3) is 0 Å². The summed E-state index contributed by atoms with van der Waals surface area (Å²) >= 11 is 0. The Morgan fingerprint density at radius 1 is 1.55 bits per heavy atom. The molecule has 0 aliphatic carbocycles. The first-order valence-corrected chi connectivity index (χ1v) is 3.76. The largest absolute Gasteiger partial charge is 0.365 e. The predicted octanol–water partition coefficient (Wildman–Crippen LogP) is 2.09. The quantitative estimate of drug-likeness (QED) is 0.685. The van der Waals surface area contributed by atoms with Gasteiger partial charge in [-0.3, -0.25) is 0 Å². The van der Waals surface area contributed by atoms with Gasteiger partial charge in [-0.15, -0.1) is 0 Å². The maximum Gasteiger partial charge on any atom is 0.0625 e. The van der Waals surface area contributed by atoms with Crippen LogP contribution < -0.4 is 0 Å². The molecule has 0 saturated carbocycles. The molecule has 11 heavy (non-hydrogen) atoms. The molecule has 0 bridgehead atoms. The molecule has 0 amide bonds. The summed E-state index contributed by atoms with van der Waals surface area (Å²) in [4.78, 5) is 3.14. The highest BCUT2D eigenvalue weighted by Crippen LogP contribution is 2.13. The van der Waals surface area contributed by atoms with Crippen LogP contribution in [0.5, 0.6) is 0 Å². The van der Waals surface area contributed by atoms with Crippen molar-refractivity contribution in [2.24, 2.45) is 0 Å². The second-order valence-electron chi connectivity index (χ2n) is 2.73. The Morgan fingerprint density at radius 2 is 2.27 bits per heavy atom. The van der Waals surface area contributed by atoms with Crippen LogP contribution in [0, 0.1) is 25.2 Å². The maximum absolute atomic E-state index is 8.39. The minimum atomic E-state index is 0.611. The molecular weight excluding hydrogens is 136 g/mol. The second kappa shape index (κ2) is 3.25. The van der Waals surface area contributed by atoms with E-state index in [-0.39, 0.29) is 0 Å². The average molecular weight is 148 g/mol. The Labute approximate surface area is 66.9 Å². The SMILES string of the molecule is Cc1c[nH]c(C)c1CCC#N. The number of rotatable bonds is 2. The van der Waals surface area contributed by atoms with E-state index in [1.807, 2.05) is 13.1 Å². The number of H-pyrrole nitrogens is 1. The van der Waals surface area contributed by atoms with Crippen molar-refractivity contribution in [2.75, 3.05) is 0 Å². The number of nitrogens with one attached hydrogen (secondary N) is 1. The van der Waals surface area contributed by atoms with E-state index in [1.165, 1.54) is 16.8 Å². The van der Waals surface area contributed by atoms with E-state index in [4.69, 9.17) is 5.26 Å². The lowest BCUT2D eigenvalue weighted by Crippen LogP contribution is -1.86. The lowest BCUT2D eigenvalue weighted by molar-refractivity contribution is 0.985. The van der Waals surface area contributed by atoms with Crippen molar-refractivity contribution in [3.8, 4) is 6.07 Å². The highest BCUT2D eigenvalue weighted by molar-refractivity contribution is 5.29. The Kier molecular flexibility index (Phi) is 2.32. The summed E-state index contributed by atoms with van der Waals surface area (Å²) in [5.74, 6) is 0. The normalized spacial score (nSPS) is 9.55. The molecule has 0 fully saturated rings. The molecule has 0 saturated heterocycles. The molecule has 1 aromatic heterocycles. The molecule has 58 valence electrons. The van der Waals surface area contributed by atoms with Crippen LogP contribution in [0.2, 0.25) is 0 Å². The lowest BCUT2D eigenvalue weighted by atomic mass is 10.1. The Hall–Kier alpha value is -1.23. The summed E-state index contributed by atoms with van der Waals surface area (Å²) in [5.41, 5.74) is 3.75. The minimum Gasteiger partial charge on any atom is -0.365 e. The molecule has 1 rings (SSSR count). The maximum atomic E-state index is 8.39. The smallest absolute Gasteiger partial charge is 0.0625 e. The van der Waals surface area contributed by atoms with E-state index in [0.29, 0.717) is 6.42 Å². The number of aromatic amines is 1. The number of hydrogen-bond acceptors (Lipinski definition) is 1. The highest BCUT2D eigenvalue weighted by Gasteiger charge is 2.02. The molecule has 2 nitrogen and oxygen atoms in total. The molecular formula is C9H12N2. The Balaban J connectivity index is 2.77. The van der Waals surface area contributed by atoms with Gasteiger partial charge in [-0.25, -0.2) is 0 Å². The van der Waals surface area contributed by atoms with Crippen molar-refractivity contribution in [3.63, 3.8) is 0 Å². The summed E-state index contributed by atoms with van der Waals surface area (Å²) < 4.78 is 0. The van der Waals surface area contributed by atoms with E-state index >= 15 is 0 Å². The minimum absolute atomic E-state index is 0.611. The fraction of sp³-hybridized carbons (Fsp3) is 0.444. The molecule has 0 spiro atoms. The average Bonchev–Trinajstić information content (AvgIpc) is 2.29. The van der Waals surface area contributed by atoms with Gasteiger partial charge in [0.05, 0.1) is 6.07 Å². The number of nitrogens with zero attached hydrogens (tertiary/aromatic N) is 1. The van der Waals surface area contributed by atoms with Gasteiger partial charge in [0.15, 0.2) is 0 Å². The van der Waals surface area contributed by atoms with Gasteiger partial charge in [0.1, 0.15) is 0 Å². The number of aryl methyl sites for hydroxylation is 2. The van der Waals surface area contributed by atoms with Crippen molar-refractivity contribution in [1.29, 1.82) is 5.26 Å². The van der Waals surface area contributed by atoms with Gasteiger partial charge in [-0.2, -0.15) is 5.26 Å². The van der Waals surface area contributed by atoms with Crippen molar-refractivity contribution in [2.45, 2.75) is 26.7 Å². The molecule has 2 heteroatoms. The first-order chi connectivity index (χ1) is 5.25. The summed E-state index contributed by atoms with van der Waals surface area (Å²) in [6.07, 6.45) is 3.47. The molecule has 0 aromatic carbocycles. The fourth-order valence-electron chi connectivity index (χ4n) is 1.25. The van der Waals surface area contributed by atoms with Gasteiger partial charge < -0.3 is 4.98 Å². The summed E-state index contributed by atoms with van der Waals surface area (Å²) in [6, 6.07) is 2.15. The topological polar surface area (TPSA) is 39.6 Å². The van der Waals surface area contributed by atoms with Crippen LogP contribution in [0.1, 0.15) is 23.2 Å². The molecule has 0 aliphatic heterocycles. The van der Waals surface area contributed by atoms with Gasteiger partial charge >= 0.3 is 0 Å². The van der Waals surface area contributed by atoms with Crippen molar-refractivity contribution < 1.29 is 0 Å². The third kappa shape index (κ3) is 1.62. The Bertz CT molecular complexity index is 259. The first kappa shape index (κ1) is 7.87. The Morgan fingerprint density at radius 3 is 2.73 bits per heavy atom. The predicted molar refractivity (Wildman–Crippen MR) is 44.2 cm³/mol. The monoisotopic (exact) mass is 148 g/mol. The molecule has 0 radical (unpaired) electrons. The molecule has 1 heterocycles. The van der Waals surface area contributed by atoms with E-state index in [0.717, 1.165) is 6.42 Å². The van der Waals surface area contributed by atoms with Gasteiger partial charge in [-0.1, -0.05) is 0 Å². The van der Waals surface area contributed by atoms with Crippen LogP contribution in [-0.4, -0.2) is 4.98 Å². The zero-order valence-electron chi connectivity index (χ0n) is 6.94. The zero-order chi connectivity index (χ0) is 8.27. The molecule has 1 N–H and O–H groups in total.